The van der Waals surface area contributed by atoms with Gasteiger partial charge in [-0.1, -0.05) is 30.4 Å². The van der Waals surface area contributed by atoms with Crippen LogP contribution in [0.4, 0.5) is 34.1 Å². The summed E-state index contributed by atoms with van der Waals surface area (Å²) >= 11 is 0. The number of benzene rings is 3. The molecule has 22 aliphatic rings. The zero-order chi connectivity index (χ0) is 77.7. The van der Waals surface area contributed by atoms with Crippen molar-refractivity contribution in [3.63, 3.8) is 0 Å². The molecule has 2 amide bonds. The third-order valence-corrected chi connectivity index (χ3v) is 18.8. The van der Waals surface area contributed by atoms with Crippen LogP contribution in [0.2, 0.25) is 0 Å². The first-order chi connectivity index (χ1) is 51.0. The minimum atomic E-state index is -2.33. The first kappa shape index (κ1) is 82.4. The molecule has 0 aromatic heterocycles. The highest BCUT2D eigenvalue weighted by atomic mass is 16.8. The van der Waals surface area contributed by atoms with Gasteiger partial charge in [-0.15, -0.1) is 0 Å². The summed E-state index contributed by atoms with van der Waals surface area (Å²) in [6, 6.07) is 11.6. The highest BCUT2D eigenvalue weighted by Gasteiger charge is 2.59. The maximum atomic E-state index is 13.9. The molecular weight excluding hydrogens is 1450 g/mol. The van der Waals surface area contributed by atoms with E-state index in [4.69, 9.17) is 66.3 Å². The Morgan fingerprint density at radius 2 is 0.776 bits per heavy atom. The monoisotopic (exact) mass is 1530 g/mol. The molecule has 594 valence electrons. The Labute approximate surface area is 602 Å². The van der Waals surface area contributed by atoms with Gasteiger partial charge in [0.2, 0.25) is 5.91 Å². The summed E-state index contributed by atoms with van der Waals surface area (Å²) in [7, 11) is 2.35. The molecule has 0 radical (unpaired) electrons. The van der Waals surface area contributed by atoms with E-state index in [0.717, 1.165) is 7.11 Å². The fourth-order valence-electron chi connectivity index (χ4n) is 12.9. The summed E-state index contributed by atoms with van der Waals surface area (Å²) in [5, 5.41) is 234. The van der Waals surface area contributed by atoms with Crippen molar-refractivity contribution in [2.24, 2.45) is 0 Å². The highest BCUT2D eigenvalue weighted by Crippen LogP contribution is 2.44. The van der Waals surface area contributed by atoms with Gasteiger partial charge in [-0.2, -0.15) is 0 Å². The number of anilines is 3. The van der Waals surface area contributed by atoms with Gasteiger partial charge in [-0.25, -0.2) is 0 Å². The lowest BCUT2D eigenvalue weighted by atomic mass is 9.94. The number of aliphatic hydroxyl groups excluding tert-OH is 17. The molecule has 22 aliphatic heterocycles. The number of non-ortho nitro benzene ring substituents is 1. The molecule has 107 heavy (non-hydrogen) atoms. The lowest BCUT2D eigenvalue weighted by Gasteiger charge is -2.50. The molecule has 45 heteroatoms. The average Bonchev–Trinajstić information content (AvgIpc) is 0.773. The van der Waals surface area contributed by atoms with Gasteiger partial charge in [-0.05, 0) is 35.4 Å². The molecule has 31 atom stereocenters. The standard InChI is InChI=1S/C62H82N6O39/c1-94-28-11-22(7-10-25(28)65-37-26(67(90)91)12-24(66(88)89)13-27(37)68(92)93)4-3-21-5-8-23(9-6-21)64-56(87)29(95-2)14-36(74)63-15-30-50-38(75)44(81)57(96-30)103-51-31(16-69)98-59(46(83)40(51)77)105-53-33(18-71)100-61(48(85)42(53)79)107-55-35(20-73)101-62(49(86)43(55)80)106-54-34(19-72)99-60(47(84)41(54)78)104-52-32(17-70)97-58(102-50)45(82)39(52)76/h3-13,29-35,38-55,57-62,65,69-73,75-86H,14-20H2,1-2H3,(H,63,74)(H,64,87)/b4-3+. The van der Waals surface area contributed by atoms with Crippen molar-refractivity contribution >= 4 is 58.1 Å². The lowest BCUT2D eigenvalue weighted by molar-refractivity contribution is -0.403. The second-order valence-electron chi connectivity index (χ2n) is 25.6. The summed E-state index contributed by atoms with van der Waals surface area (Å²) in [5.41, 5.74) is -2.16. The van der Waals surface area contributed by atoms with E-state index in [-0.39, 0.29) is 17.1 Å². The fourth-order valence-corrected chi connectivity index (χ4v) is 12.9. The summed E-state index contributed by atoms with van der Waals surface area (Å²) in [6.07, 6.45) is -61.3. The van der Waals surface area contributed by atoms with Crippen molar-refractivity contribution in [1.29, 1.82) is 0 Å². The SMILES string of the molecule is COc1cc(/C=C/c2ccc(NC(=O)C(CC(=O)NCC3OC4OC5C(CO)OC(OC6C(CO)OC(OC7C(CO)OC(OC8C(CO)OC(OC9C(CO)OC(OC3C(O)C4O)C(O)C9O)C(O)C8O)C(O)C7O)C(O)C6O)C(O)C5O)OC)cc2)ccc1Nc1c([N+](=O)[O-])cc([N+](=O)[O-])cc1[N+](=O)[O-]. The van der Waals surface area contributed by atoms with Crippen molar-refractivity contribution in [1.82, 2.24) is 5.32 Å². The Hall–Kier alpha value is -7.06. The van der Waals surface area contributed by atoms with Crippen LogP contribution in [0.25, 0.3) is 12.2 Å². The van der Waals surface area contributed by atoms with Crippen molar-refractivity contribution in [3.8, 4) is 5.75 Å². The second-order valence-corrected chi connectivity index (χ2v) is 25.6. The third-order valence-electron chi connectivity index (χ3n) is 18.8. The normalized spacial score (nSPS) is 38.7. The van der Waals surface area contributed by atoms with E-state index in [1.165, 1.54) is 37.4 Å². The summed E-state index contributed by atoms with van der Waals surface area (Å²) in [6.45, 7) is -6.23. The molecule has 20 N–H and O–H groups in total. The van der Waals surface area contributed by atoms with Crippen LogP contribution >= 0.6 is 0 Å². The third kappa shape index (κ3) is 17.9. The minimum absolute atomic E-state index is 0.0223. The Balaban J connectivity index is 0.852. The van der Waals surface area contributed by atoms with Crippen LogP contribution in [0.1, 0.15) is 17.5 Å². The van der Waals surface area contributed by atoms with Crippen LogP contribution in [0.5, 0.6) is 5.75 Å². The van der Waals surface area contributed by atoms with Crippen LogP contribution in [0.3, 0.4) is 0 Å². The minimum Gasteiger partial charge on any atom is -0.495 e. The predicted octanol–water partition coefficient (Wildman–Crippen LogP) is -8.24. The number of nitrogens with zero attached hydrogens (tertiary/aromatic N) is 3. The number of hydrogen-bond acceptors (Lipinski definition) is 40. The van der Waals surface area contributed by atoms with E-state index in [1.54, 1.807) is 24.3 Å². The molecule has 3 aromatic carbocycles. The van der Waals surface area contributed by atoms with E-state index >= 15 is 0 Å². The fraction of sp³-hybridized carbons (Fsp3) is 0.645. The van der Waals surface area contributed by atoms with Crippen molar-refractivity contribution < 1.29 is 177 Å². The quantitative estimate of drug-likeness (QED) is 0.0284. The second kappa shape index (κ2) is 35.7. The predicted molar refractivity (Wildman–Crippen MR) is 344 cm³/mol. The molecule has 3 aromatic rings. The van der Waals surface area contributed by atoms with Crippen LogP contribution < -0.4 is 20.7 Å². The number of carbonyl (C=O) groups excluding carboxylic acids is 2. The van der Waals surface area contributed by atoms with Gasteiger partial charge >= 0.3 is 11.4 Å². The highest BCUT2D eigenvalue weighted by molar-refractivity contribution is 5.97. The van der Waals surface area contributed by atoms with Crippen LogP contribution in [-0.4, -0.2) is 358 Å². The first-order valence-corrected chi connectivity index (χ1v) is 33.0. The molecule has 22 heterocycles. The lowest BCUT2D eigenvalue weighted by Crippen LogP contribution is -2.69. The zero-order valence-corrected chi connectivity index (χ0v) is 56.1. The van der Waals surface area contributed by atoms with Gasteiger partial charge in [0.15, 0.2) is 43.4 Å². The van der Waals surface area contributed by atoms with Crippen LogP contribution in [0.15, 0.2) is 54.6 Å². The molecule has 31 unspecified atom stereocenters. The van der Waals surface area contributed by atoms with Crippen molar-refractivity contribution in [3.05, 3.63) is 96.1 Å². The van der Waals surface area contributed by atoms with E-state index in [9.17, 15) is 127 Å². The van der Waals surface area contributed by atoms with Gasteiger partial charge in [0.1, 0.15) is 158 Å². The molecule has 12 bridgehead atoms. The van der Waals surface area contributed by atoms with Crippen LogP contribution in [0, 0.1) is 30.3 Å². The van der Waals surface area contributed by atoms with E-state index in [1.807, 2.05) is 0 Å². The molecule has 0 aliphatic carbocycles. The molecule has 25 rings (SSSR count). The van der Waals surface area contributed by atoms with Crippen LogP contribution in [-0.2, 0) is 71.2 Å². The summed E-state index contributed by atoms with van der Waals surface area (Å²) in [5.74, 6) is -1.78. The van der Waals surface area contributed by atoms with Gasteiger partial charge in [0.25, 0.3) is 11.6 Å². The molecule has 0 saturated carbocycles. The number of ether oxygens (including phenoxy) is 14. The zero-order valence-electron chi connectivity index (χ0n) is 56.1. The number of nitro benzene ring substituents is 3. The maximum absolute atomic E-state index is 13.9. The largest absolute Gasteiger partial charge is 0.495 e. The molecular formula is C62H82N6O39. The Bertz CT molecular complexity index is 3530. The number of methoxy groups -OCH3 is 2. The van der Waals surface area contributed by atoms with E-state index < -0.39 is 286 Å². The number of rotatable bonds is 20. The van der Waals surface area contributed by atoms with Gasteiger partial charge in [0.05, 0.1) is 79.2 Å². The number of nitro groups is 3. The Kier molecular flexibility index (Phi) is 27.5. The smallest absolute Gasteiger partial charge is 0.306 e. The molecule has 45 nitrogen and oxygen atoms in total. The molecule has 0 spiro atoms. The molecule has 22 saturated heterocycles. The maximum Gasteiger partial charge on any atom is 0.306 e. The Morgan fingerprint density at radius 1 is 0.449 bits per heavy atom. The van der Waals surface area contributed by atoms with Gasteiger partial charge in [0, 0.05) is 19.3 Å². The number of nitrogens with one attached hydrogen (secondary N) is 3. The van der Waals surface area contributed by atoms with E-state index in [0.29, 0.717) is 23.3 Å². The summed E-state index contributed by atoms with van der Waals surface area (Å²) < 4.78 is 80.5. The number of amides is 2. The van der Waals surface area contributed by atoms with Gasteiger partial charge < -0.3 is 169 Å². The number of hydrogen-bond donors (Lipinski definition) is 20. The first-order valence-electron chi connectivity index (χ1n) is 33.0. The number of aliphatic hydroxyl groups is 17. The van der Waals surface area contributed by atoms with Crippen molar-refractivity contribution in [2.45, 2.75) is 197 Å². The summed E-state index contributed by atoms with van der Waals surface area (Å²) in [4.78, 5) is 59.7. The topological polar surface area (TPSA) is 673 Å². The van der Waals surface area contributed by atoms with Gasteiger partial charge in [-0.3, -0.25) is 39.9 Å². The molecule has 22 fully saturated rings. The average molecular weight is 1540 g/mol. The van der Waals surface area contributed by atoms with Crippen molar-refractivity contribution in [2.75, 3.05) is 64.4 Å². The Morgan fingerprint density at radius 3 is 1.09 bits per heavy atom. The number of carbonyl (C=O) groups is 2. The van der Waals surface area contributed by atoms with E-state index in [2.05, 4.69) is 16.0 Å².